The van der Waals surface area contributed by atoms with Crippen molar-refractivity contribution in [2.45, 2.75) is 26.6 Å². The summed E-state index contributed by atoms with van der Waals surface area (Å²) in [6.07, 6.45) is -4.94. The van der Waals surface area contributed by atoms with Gasteiger partial charge in [-0.1, -0.05) is 12.1 Å². The highest BCUT2D eigenvalue weighted by molar-refractivity contribution is 6.02. The molecule has 3 nitrogen and oxygen atoms in total. The Labute approximate surface area is 118 Å². The standard InChI is InChI=1S/C14H12F4N2O/c1-8-12(13(21)14(16,17)18)9(2)20(19-8)7-10-4-3-5-11(15)6-10/h3-6H,7H2,1-2H3. The van der Waals surface area contributed by atoms with Crippen molar-refractivity contribution < 1.29 is 22.4 Å². The van der Waals surface area contributed by atoms with Crippen LogP contribution in [0.1, 0.15) is 27.3 Å². The molecular formula is C14H12F4N2O. The number of hydrogen-bond acceptors (Lipinski definition) is 2. The minimum Gasteiger partial charge on any atom is -0.284 e. The van der Waals surface area contributed by atoms with E-state index in [-0.39, 0.29) is 17.9 Å². The predicted octanol–water partition coefficient (Wildman–Crippen LogP) is 3.43. The summed E-state index contributed by atoms with van der Waals surface area (Å²) < 4.78 is 52.0. The van der Waals surface area contributed by atoms with Gasteiger partial charge in [0.2, 0.25) is 0 Å². The summed E-state index contributed by atoms with van der Waals surface area (Å²) in [6, 6.07) is 5.66. The second kappa shape index (κ2) is 5.31. The smallest absolute Gasteiger partial charge is 0.284 e. The van der Waals surface area contributed by atoms with Crippen LogP contribution in [0.15, 0.2) is 24.3 Å². The van der Waals surface area contributed by atoms with Gasteiger partial charge < -0.3 is 0 Å². The summed E-state index contributed by atoms with van der Waals surface area (Å²) >= 11 is 0. The number of carbonyl (C=O) groups is 1. The number of benzene rings is 1. The van der Waals surface area contributed by atoms with E-state index in [2.05, 4.69) is 5.10 Å². The van der Waals surface area contributed by atoms with Crippen molar-refractivity contribution in [2.24, 2.45) is 0 Å². The molecule has 0 N–H and O–H groups in total. The molecule has 0 aliphatic carbocycles. The first-order valence-electron chi connectivity index (χ1n) is 6.10. The fraction of sp³-hybridized carbons (Fsp3) is 0.286. The Hall–Kier alpha value is -2.18. The van der Waals surface area contributed by atoms with Crippen LogP contribution in [0.3, 0.4) is 0 Å². The summed E-state index contributed by atoms with van der Waals surface area (Å²) in [5.74, 6) is -2.36. The highest BCUT2D eigenvalue weighted by Crippen LogP contribution is 2.25. The number of rotatable bonds is 3. The first-order valence-corrected chi connectivity index (χ1v) is 6.10. The second-order valence-corrected chi connectivity index (χ2v) is 4.66. The lowest BCUT2D eigenvalue weighted by molar-refractivity contribution is -0.0886. The Morgan fingerprint density at radius 1 is 1.29 bits per heavy atom. The van der Waals surface area contributed by atoms with Gasteiger partial charge in [-0.15, -0.1) is 0 Å². The van der Waals surface area contributed by atoms with Gasteiger partial charge in [0.15, 0.2) is 0 Å². The van der Waals surface area contributed by atoms with Gasteiger partial charge >= 0.3 is 6.18 Å². The summed E-state index contributed by atoms with van der Waals surface area (Å²) in [5.41, 5.74) is 0.218. The van der Waals surface area contributed by atoms with Gasteiger partial charge in [0.25, 0.3) is 5.78 Å². The molecule has 21 heavy (non-hydrogen) atoms. The van der Waals surface area contributed by atoms with Gasteiger partial charge in [-0.05, 0) is 31.5 Å². The van der Waals surface area contributed by atoms with Crippen LogP contribution >= 0.6 is 0 Å². The number of hydrogen-bond donors (Lipinski definition) is 0. The van der Waals surface area contributed by atoms with E-state index in [0.29, 0.717) is 5.56 Å². The molecule has 0 amide bonds. The molecule has 0 saturated carbocycles. The fourth-order valence-electron chi connectivity index (χ4n) is 2.13. The Morgan fingerprint density at radius 3 is 2.52 bits per heavy atom. The third-order valence-corrected chi connectivity index (χ3v) is 3.09. The Kier molecular flexibility index (Phi) is 3.85. The number of halogens is 4. The molecule has 7 heteroatoms. The lowest BCUT2D eigenvalue weighted by atomic mass is 10.1. The Balaban J connectivity index is 2.38. The van der Waals surface area contributed by atoms with E-state index in [1.807, 2.05) is 0 Å². The third-order valence-electron chi connectivity index (χ3n) is 3.09. The largest absolute Gasteiger partial charge is 0.455 e. The number of aromatic nitrogens is 2. The maximum absolute atomic E-state index is 13.1. The van der Waals surface area contributed by atoms with Crippen LogP contribution in [0.5, 0.6) is 0 Å². The second-order valence-electron chi connectivity index (χ2n) is 4.66. The van der Waals surface area contributed by atoms with Crippen molar-refractivity contribution in [1.29, 1.82) is 0 Å². The summed E-state index contributed by atoms with van der Waals surface area (Å²) in [5, 5.41) is 3.94. The maximum Gasteiger partial charge on any atom is 0.455 e. The average Bonchev–Trinajstić information content (AvgIpc) is 2.62. The van der Waals surface area contributed by atoms with Crippen molar-refractivity contribution in [1.82, 2.24) is 9.78 Å². The normalized spacial score (nSPS) is 11.7. The van der Waals surface area contributed by atoms with Gasteiger partial charge in [0.05, 0.1) is 17.8 Å². The molecule has 0 unspecified atom stereocenters. The molecule has 0 fully saturated rings. The molecule has 1 heterocycles. The van der Waals surface area contributed by atoms with Gasteiger partial charge in [-0.2, -0.15) is 18.3 Å². The maximum atomic E-state index is 13.1. The molecule has 1 aromatic heterocycles. The van der Waals surface area contributed by atoms with E-state index in [4.69, 9.17) is 0 Å². The lowest BCUT2D eigenvalue weighted by Gasteiger charge is -2.07. The van der Waals surface area contributed by atoms with Crippen LogP contribution in [-0.4, -0.2) is 21.7 Å². The van der Waals surface area contributed by atoms with Crippen LogP contribution < -0.4 is 0 Å². The third kappa shape index (κ3) is 3.12. The minimum absolute atomic E-state index is 0.00577. The van der Waals surface area contributed by atoms with Crippen molar-refractivity contribution >= 4 is 5.78 Å². The summed E-state index contributed by atoms with van der Waals surface area (Å²) in [7, 11) is 0. The molecule has 0 bridgehead atoms. The quantitative estimate of drug-likeness (QED) is 0.643. The summed E-state index contributed by atoms with van der Waals surface area (Å²) in [4.78, 5) is 11.4. The van der Waals surface area contributed by atoms with E-state index in [1.165, 1.54) is 36.7 Å². The van der Waals surface area contributed by atoms with Crippen molar-refractivity contribution in [2.75, 3.05) is 0 Å². The van der Waals surface area contributed by atoms with Crippen molar-refractivity contribution in [3.8, 4) is 0 Å². The molecule has 1 aromatic carbocycles. The first-order chi connectivity index (χ1) is 9.70. The van der Waals surface area contributed by atoms with Crippen molar-refractivity contribution in [3.05, 3.63) is 52.6 Å². The number of carbonyl (C=O) groups excluding carboxylic acids is 1. The average molecular weight is 300 g/mol. The monoisotopic (exact) mass is 300 g/mol. The highest BCUT2D eigenvalue weighted by Gasteiger charge is 2.42. The van der Waals surface area contributed by atoms with Crippen molar-refractivity contribution in [3.63, 3.8) is 0 Å². The lowest BCUT2D eigenvalue weighted by Crippen LogP contribution is -2.24. The van der Waals surface area contributed by atoms with E-state index >= 15 is 0 Å². The molecule has 0 spiro atoms. The molecule has 112 valence electrons. The van der Waals surface area contributed by atoms with Crippen LogP contribution in [0, 0.1) is 19.7 Å². The first kappa shape index (κ1) is 15.2. The zero-order valence-corrected chi connectivity index (χ0v) is 11.3. The molecule has 2 rings (SSSR count). The van der Waals surface area contributed by atoms with E-state index in [9.17, 15) is 22.4 Å². The van der Waals surface area contributed by atoms with E-state index in [1.54, 1.807) is 6.07 Å². The zero-order chi connectivity index (χ0) is 15.8. The SMILES string of the molecule is Cc1nn(Cc2cccc(F)c2)c(C)c1C(=O)C(F)(F)F. The van der Waals surface area contributed by atoms with Crippen LogP contribution in [0.25, 0.3) is 0 Å². The molecule has 2 aromatic rings. The van der Waals surface area contributed by atoms with Gasteiger partial charge in [-0.25, -0.2) is 4.39 Å². The van der Waals surface area contributed by atoms with E-state index in [0.717, 1.165) is 0 Å². The van der Waals surface area contributed by atoms with Crippen LogP contribution in [0.4, 0.5) is 17.6 Å². The number of Topliss-reactive ketones (excluding diaryl/α,β-unsaturated/α-hetero) is 1. The highest BCUT2D eigenvalue weighted by atomic mass is 19.4. The Morgan fingerprint density at radius 2 is 1.95 bits per heavy atom. The Bertz CT molecular complexity index is 689. The molecule has 0 aliphatic heterocycles. The predicted molar refractivity (Wildman–Crippen MR) is 67.6 cm³/mol. The molecule has 0 aliphatic rings. The van der Waals surface area contributed by atoms with Crippen LogP contribution in [0.2, 0.25) is 0 Å². The number of aryl methyl sites for hydroxylation is 1. The van der Waals surface area contributed by atoms with E-state index < -0.39 is 23.3 Å². The number of alkyl halides is 3. The molecule has 0 saturated heterocycles. The van der Waals surface area contributed by atoms with Gasteiger partial charge in [-0.3, -0.25) is 9.48 Å². The van der Waals surface area contributed by atoms with Gasteiger partial charge in [0, 0.05) is 5.69 Å². The molecule has 0 radical (unpaired) electrons. The molecule has 0 atom stereocenters. The fourth-order valence-corrected chi connectivity index (χ4v) is 2.13. The number of ketones is 1. The number of nitrogens with zero attached hydrogens (tertiary/aromatic N) is 2. The molecular weight excluding hydrogens is 288 g/mol. The summed E-state index contributed by atoms with van der Waals surface area (Å²) in [6.45, 7) is 2.82. The topological polar surface area (TPSA) is 34.9 Å². The minimum atomic E-state index is -4.94. The van der Waals surface area contributed by atoms with Gasteiger partial charge in [0.1, 0.15) is 5.82 Å². The van der Waals surface area contributed by atoms with Crippen LogP contribution in [-0.2, 0) is 6.54 Å². The zero-order valence-electron chi connectivity index (χ0n) is 11.3.